The molecule has 0 aliphatic rings. The summed E-state index contributed by atoms with van der Waals surface area (Å²) in [4.78, 5) is 0. The molecule has 2 aromatic carbocycles. The summed E-state index contributed by atoms with van der Waals surface area (Å²) in [5, 5.41) is 0.815. The van der Waals surface area contributed by atoms with Crippen molar-refractivity contribution in [3.63, 3.8) is 0 Å². The first-order valence-electron chi connectivity index (χ1n) is 3.43. The molecule has 0 bridgehead atoms. The van der Waals surface area contributed by atoms with Crippen LogP contribution in [-0.4, -0.2) is 0 Å². The standard InChI is InChI=1S/C5H4Cl.C5H5.Ag.Fe/c6-5-3-1-2-4-5;1-2-4-5-3-1;;/h1-4H;1-5H;;/q2*-1;+1;. The molecule has 0 unspecified atom stereocenters. The zero-order chi connectivity index (χ0) is 7.94. The second-order valence-corrected chi connectivity index (χ2v) is 2.50. The van der Waals surface area contributed by atoms with Crippen molar-refractivity contribution in [2.24, 2.45) is 0 Å². The quantitative estimate of drug-likeness (QED) is 0.513. The molecule has 0 amide bonds. The number of rotatable bonds is 0. The Hall–Kier alpha value is 0.250. The Morgan fingerprint density at radius 3 is 1.77 bits per heavy atom. The van der Waals surface area contributed by atoms with E-state index in [1.54, 1.807) is 0 Å². The zero-order valence-corrected chi connectivity index (χ0v) is 10.1. The fourth-order valence-electron chi connectivity index (χ4n) is 0.671. The van der Waals surface area contributed by atoms with E-state index >= 15 is 0 Å². The minimum absolute atomic E-state index is 0. The van der Waals surface area contributed by atoms with Crippen LogP contribution >= 0.6 is 11.6 Å². The van der Waals surface area contributed by atoms with E-state index in [0.29, 0.717) is 0 Å². The maximum absolute atomic E-state index is 5.46. The van der Waals surface area contributed by atoms with Gasteiger partial charge in [-0.05, 0) is 0 Å². The van der Waals surface area contributed by atoms with Gasteiger partial charge in [0.1, 0.15) is 0 Å². The largest absolute Gasteiger partial charge is 1.00 e. The van der Waals surface area contributed by atoms with Gasteiger partial charge in [0.05, 0.1) is 0 Å². The van der Waals surface area contributed by atoms with Crippen LogP contribution in [0.3, 0.4) is 0 Å². The van der Waals surface area contributed by atoms with Crippen molar-refractivity contribution in [2.45, 2.75) is 0 Å². The summed E-state index contributed by atoms with van der Waals surface area (Å²) < 4.78 is 0. The first kappa shape index (κ1) is 15.7. The third kappa shape index (κ3) is 8.58. The maximum Gasteiger partial charge on any atom is 1.00 e. The van der Waals surface area contributed by atoms with Crippen LogP contribution in [0.5, 0.6) is 0 Å². The summed E-state index contributed by atoms with van der Waals surface area (Å²) in [5.74, 6) is 0. The minimum atomic E-state index is 0. The van der Waals surface area contributed by atoms with Crippen molar-refractivity contribution in [1.82, 2.24) is 0 Å². The smallest absolute Gasteiger partial charge is 0.214 e. The molecule has 0 saturated carbocycles. The molecule has 3 heteroatoms. The van der Waals surface area contributed by atoms with Crippen molar-refractivity contribution in [2.75, 3.05) is 0 Å². The molecule has 2 aromatic rings. The first-order chi connectivity index (χ1) is 5.39. The number of hydrogen-bond donors (Lipinski definition) is 0. The van der Waals surface area contributed by atoms with Crippen LogP contribution in [0.4, 0.5) is 0 Å². The van der Waals surface area contributed by atoms with Gasteiger partial charge in [0.25, 0.3) is 0 Å². The van der Waals surface area contributed by atoms with Crippen molar-refractivity contribution in [1.29, 1.82) is 0 Å². The van der Waals surface area contributed by atoms with Crippen LogP contribution in [0.15, 0.2) is 54.6 Å². The van der Waals surface area contributed by atoms with E-state index in [0.717, 1.165) is 5.02 Å². The summed E-state index contributed by atoms with van der Waals surface area (Å²) in [5.41, 5.74) is 0. The Bertz CT molecular complexity index is 233. The van der Waals surface area contributed by atoms with E-state index < -0.39 is 0 Å². The molecule has 0 aliphatic heterocycles. The summed E-state index contributed by atoms with van der Waals surface area (Å²) in [6, 6.07) is 17.5. The average Bonchev–Trinajstić information content (AvgIpc) is 2.57. The van der Waals surface area contributed by atoms with Crippen LogP contribution in [0, 0.1) is 0 Å². The van der Waals surface area contributed by atoms with Gasteiger partial charge in [-0.25, -0.2) is 18.2 Å². The molecule has 0 atom stereocenters. The Balaban J connectivity index is 0. The molecular weight excluding hydrogens is 319 g/mol. The van der Waals surface area contributed by atoms with E-state index in [1.165, 1.54) is 0 Å². The zero-order valence-electron chi connectivity index (χ0n) is 6.73. The van der Waals surface area contributed by atoms with Crippen LogP contribution < -0.4 is 0 Å². The number of halogens is 1. The van der Waals surface area contributed by atoms with Gasteiger partial charge in [0.2, 0.25) is 0 Å². The van der Waals surface area contributed by atoms with Crippen molar-refractivity contribution < 1.29 is 39.4 Å². The monoisotopic (exact) mass is 327 g/mol. The van der Waals surface area contributed by atoms with Crippen LogP contribution in [0.25, 0.3) is 0 Å². The molecule has 0 fully saturated rings. The first-order valence-corrected chi connectivity index (χ1v) is 3.81. The van der Waals surface area contributed by atoms with Gasteiger partial charge in [-0.15, -0.1) is 11.6 Å². The summed E-state index contributed by atoms with van der Waals surface area (Å²) in [6.45, 7) is 0. The van der Waals surface area contributed by atoms with Crippen LogP contribution in [0.2, 0.25) is 5.02 Å². The molecule has 0 heterocycles. The van der Waals surface area contributed by atoms with Crippen molar-refractivity contribution >= 4 is 11.6 Å². The third-order valence-electron chi connectivity index (χ3n) is 1.18. The second-order valence-electron chi connectivity index (χ2n) is 2.07. The predicted octanol–water partition coefficient (Wildman–Crippen LogP) is 3.46. The Morgan fingerprint density at radius 1 is 1.00 bits per heavy atom. The van der Waals surface area contributed by atoms with Crippen molar-refractivity contribution in [3.05, 3.63) is 59.6 Å². The molecule has 2 rings (SSSR count). The van der Waals surface area contributed by atoms with Gasteiger partial charge in [-0.2, -0.15) is 36.4 Å². The molecule has 0 saturated heterocycles. The van der Waals surface area contributed by atoms with E-state index in [4.69, 9.17) is 11.6 Å². The molecule has 0 N–H and O–H groups in total. The predicted molar refractivity (Wildman–Crippen MR) is 49.1 cm³/mol. The normalized spacial score (nSPS) is 7.15. The Morgan fingerprint density at radius 2 is 1.62 bits per heavy atom. The van der Waals surface area contributed by atoms with E-state index in [2.05, 4.69) is 0 Å². The molecule has 0 nitrogen and oxygen atoms in total. The molecule has 0 radical (unpaired) electrons. The van der Waals surface area contributed by atoms with E-state index in [9.17, 15) is 0 Å². The number of hydrogen-bond acceptors (Lipinski definition) is 0. The van der Waals surface area contributed by atoms with Gasteiger partial charge >= 0.3 is 22.4 Å². The molecule has 0 aromatic heterocycles. The SMILES string of the molecule is Clc1ccc[cH-]1.[Ag+].[Fe].c1cc[cH-]c1. The summed E-state index contributed by atoms with van der Waals surface area (Å²) in [7, 11) is 0. The molecule has 0 aliphatic carbocycles. The van der Waals surface area contributed by atoms with Crippen LogP contribution in [-0.2, 0) is 39.4 Å². The maximum atomic E-state index is 5.46. The summed E-state index contributed by atoms with van der Waals surface area (Å²) in [6.07, 6.45) is 0. The topological polar surface area (TPSA) is 0 Å². The fraction of sp³-hybridized carbons (Fsp3) is 0. The average molecular weight is 328 g/mol. The molecule has 0 spiro atoms. The minimum Gasteiger partial charge on any atom is -0.214 e. The van der Waals surface area contributed by atoms with Gasteiger partial charge in [-0.1, -0.05) is 5.02 Å². The summed E-state index contributed by atoms with van der Waals surface area (Å²) >= 11 is 5.46. The molecule has 76 valence electrons. The second kappa shape index (κ2) is 10.3. The van der Waals surface area contributed by atoms with Crippen LogP contribution in [0.1, 0.15) is 0 Å². The van der Waals surface area contributed by atoms with E-state index in [-0.39, 0.29) is 39.4 Å². The third-order valence-corrected chi connectivity index (χ3v) is 1.43. The van der Waals surface area contributed by atoms with Gasteiger partial charge < -0.3 is 0 Å². The molecule has 13 heavy (non-hydrogen) atoms. The van der Waals surface area contributed by atoms with Gasteiger partial charge in [-0.3, -0.25) is 0 Å². The van der Waals surface area contributed by atoms with Crippen molar-refractivity contribution in [3.8, 4) is 0 Å². The van der Waals surface area contributed by atoms with Gasteiger partial charge in [0.15, 0.2) is 0 Å². The molecular formula is C10H9AgClFe-. The van der Waals surface area contributed by atoms with E-state index in [1.807, 2.05) is 54.6 Å². The Kier molecular flexibility index (Phi) is 12.5. The van der Waals surface area contributed by atoms with Gasteiger partial charge in [0, 0.05) is 17.1 Å². The fourth-order valence-corrected chi connectivity index (χ4v) is 0.817. The Labute approximate surface area is 110 Å².